The Morgan fingerprint density at radius 1 is 1.04 bits per heavy atom. The number of rotatable bonds is 6. The van der Waals surface area contributed by atoms with Crippen LogP contribution in [0.1, 0.15) is 40.4 Å². The van der Waals surface area contributed by atoms with E-state index in [1.54, 1.807) is 24.3 Å². The Morgan fingerprint density at radius 3 is 2.46 bits per heavy atom. The highest BCUT2D eigenvalue weighted by Gasteiger charge is 2.30. The first-order valence-corrected chi connectivity index (χ1v) is 7.82. The summed E-state index contributed by atoms with van der Waals surface area (Å²) in [7, 11) is 0. The van der Waals surface area contributed by atoms with Crippen LogP contribution < -0.4 is 0 Å². The van der Waals surface area contributed by atoms with Crippen LogP contribution in [0.5, 0.6) is 0 Å². The molecule has 0 fully saturated rings. The minimum Gasteiger partial charge on any atom is -0.462 e. The molecule has 0 aliphatic heterocycles. The minimum atomic E-state index is -4.34. The monoisotopic (exact) mass is 336 g/mol. The summed E-state index contributed by atoms with van der Waals surface area (Å²) >= 11 is 0. The average Bonchev–Trinajstić information content (AvgIpc) is 2.58. The fourth-order valence-corrected chi connectivity index (χ4v) is 2.35. The van der Waals surface area contributed by atoms with Crippen LogP contribution in [0, 0.1) is 0 Å². The van der Waals surface area contributed by atoms with E-state index in [9.17, 15) is 18.0 Å². The van der Waals surface area contributed by atoms with Crippen molar-refractivity contribution in [2.45, 2.75) is 32.4 Å². The lowest BCUT2D eigenvalue weighted by Crippen LogP contribution is -2.08. The van der Waals surface area contributed by atoms with Crippen molar-refractivity contribution in [2.75, 3.05) is 6.61 Å². The van der Waals surface area contributed by atoms with Gasteiger partial charge in [0, 0.05) is 0 Å². The molecule has 0 saturated heterocycles. The van der Waals surface area contributed by atoms with Gasteiger partial charge in [0.25, 0.3) is 0 Å². The second-order valence-electron chi connectivity index (χ2n) is 5.49. The first kappa shape index (κ1) is 18.0. The second kappa shape index (κ2) is 7.99. The van der Waals surface area contributed by atoms with Crippen molar-refractivity contribution in [1.29, 1.82) is 0 Å². The molecule has 0 heterocycles. The largest absolute Gasteiger partial charge is 0.462 e. The molecule has 128 valence electrons. The number of halogens is 3. The molecule has 24 heavy (non-hydrogen) atoms. The summed E-state index contributed by atoms with van der Waals surface area (Å²) in [5.74, 6) is -0.408. The van der Waals surface area contributed by atoms with Gasteiger partial charge >= 0.3 is 12.1 Å². The first-order chi connectivity index (χ1) is 11.4. The van der Waals surface area contributed by atoms with Gasteiger partial charge in [-0.05, 0) is 48.6 Å². The Bertz CT molecular complexity index is 693. The Labute approximate surface area is 139 Å². The van der Waals surface area contributed by atoms with E-state index in [1.807, 2.05) is 13.0 Å². The minimum absolute atomic E-state index is 0.172. The van der Waals surface area contributed by atoms with Gasteiger partial charge in [-0.1, -0.05) is 37.3 Å². The van der Waals surface area contributed by atoms with E-state index in [0.717, 1.165) is 24.1 Å². The predicted octanol–water partition coefficient (Wildman–Crippen LogP) is 5.06. The van der Waals surface area contributed by atoms with E-state index in [-0.39, 0.29) is 6.61 Å². The SMILES string of the molecule is CCc1cccc(C(=O)OCCCc2cccc(C(F)(F)F)c2)c1. The third-order valence-corrected chi connectivity index (χ3v) is 3.67. The molecule has 0 spiro atoms. The number of carbonyl (C=O) groups is 1. The topological polar surface area (TPSA) is 26.3 Å². The highest BCUT2D eigenvalue weighted by Crippen LogP contribution is 2.29. The highest BCUT2D eigenvalue weighted by atomic mass is 19.4. The fourth-order valence-electron chi connectivity index (χ4n) is 2.35. The number of benzene rings is 2. The number of esters is 1. The molecule has 0 amide bonds. The van der Waals surface area contributed by atoms with Gasteiger partial charge in [0.15, 0.2) is 0 Å². The van der Waals surface area contributed by atoms with Gasteiger partial charge in [-0.2, -0.15) is 13.2 Å². The lowest BCUT2D eigenvalue weighted by molar-refractivity contribution is -0.137. The predicted molar refractivity (Wildman–Crippen MR) is 85.9 cm³/mol. The van der Waals surface area contributed by atoms with E-state index in [1.165, 1.54) is 6.07 Å². The standard InChI is InChI=1S/C19H19F3O2/c1-2-14-6-3-9-16(12-14)18(23)24-11-5-8-15-7-4-10-17(13-15)19(20,21)22/h3-4,6-7,9-10,12-13H,2,5,8,11H2,1H3. The quantitative estimate of drug-likeness (QED) is 0.544. The van der Waals surface area contributed by atoms with Gasteiger partial charge in [0.2, 0.25) is 0 Å². The maximum Gasteiger partial charge on any atom is 0.416 e. The van der Waals surface area contributed by atoms with Crippen molar-refractivity contribution < 1.29 is 22.7 Å². The molecule has 0 radical (unpaired) electrons. The van der Waals surface area contributed by atoms with E-state index in [0.29, 0.717) is 24.0 Å². The number of alkyl halides is 3. The van der Waals surface area contributed by atoms with Crippen LogP contribution in [0.4, 0.5) is 13.2 Å². The highest BCUT2D eigenvalue weighted by molar-refractivity contribution is 5.89. The van der Waals surface area contributed by atoms with Gasteiger partial charge < -0.3 is 4.74 Å². The van der Waals surface area contributed by atoms with Crippen molar-refractivity contribution in [1.82, 2.24) is 0 Å². The van der Waals surface area contributed by atoms with Crippen LogP contribution in [-0.4, -0.2) is 12.6 Å². The van der Waals surface area contributed by atoms with Crippen molar-refractivity contribution in [2.24, 2.45) is 0 Å². The van der Waals surface area contributed by atoms with Crippen LogP contribution in [0.2, 0.25) is 0 Å². The fraction of sp³-hybridized carbons (Fsp3) is 0.316. The van der Waals surface area contributed by atoms with Crippen LogP contribution in [0.3, 0.4) is 0 Å². The summed E-state index contributed by atoms with van der Waals surface area (Å²) in [5.41, 5.74) is 1.46. The Balaban J connectivity index is 1.83. The molecule has 2 nitrogen and oxygen atoms in total. The molecule has 0 aliphatic rings. The number of aryl methyl sites for hydroxylation is 2. The molecule has 0 aliphatic carbocycles. The Hall–Kier alpha value is -2.30. The molecule has 0 unspecified atom stereocenters. The van der Waals surface area contributed by atoms with Crippen molar-refractivity contribution in [3.63, 3.8) is 0 Å². The van der Waals surface area contributed by atoms with E-state index >= 15 is 0 Å². The van der Waals surface area contributed by atoms with Crippen LogP contribution in [0.15, 0.2) is 48.5 Å². The maximum atomic E-state index is 12.6. The normalized spacial score (nSPS) is 11.3. The third-order valence-electron chi connectivity index (χ3n) is 3.67. The number of ether oxygens (including phenoxy) is 1. The molecular weight excluding hydrogens is 317 g/mol. The zero-order chi connectivity index (χ0) is 17.6. The van der Waals surface area contributed by atoms with Gasteiger partial charge in [-0.15, -0.1) is 0 Å². The summed E-state index contributed by atoms with van der Waals surface area (Å²) in [6, 6.07) is 12.4. The zero-order valence-corrected chi connectivity index (χ0v) is 13.4. The van der Waals surface area contributed by atoms with Crippen LogP contribution in [-0.2, 0) is 23.8 Å². The lowest BCUT2D eigenvalue weighted by Gasteiger charge is -2.09. The molecular formula is C19H19F3O2. The Morgan fingerprint density at radius 2 is 1.75 bits per heavy atom. The smallest absolute Gasteiger partial charge is 0.416 e. The lowest BCUT2D eigenvalue weighted by atomic mass is 10.1. The number of hydrogen-bond donors (Lipinski definition) is 0. The average molecular weight is 336 g/mol. The molecule has 0 atom stereocenters. The molecule has 2 rings (SSSR count). The molecule has 5 heteroatoms. The number of hydrogen-bond acceptors (Lipinski definition) is 2. The van der Waals surface area contributed by atoms with Gasteiger partial charge in [0.1, 0.15) is 0 Å². The first-order valence-electron chi connectivity index (χ1n) is 7.82. The number of carbonyl (C=O) groups excluding carboxylic acids is 1. The molecule has 0 bridgehead atoms. The maximum absolute atomic E-state index is 12.6. The van der Waals surface area contributed by atoms with E-state index in [2.05, 4.69) is 0 Å². The van der Waals surface area contributed by atoms with Crippen molar-refractivity contribution in [3.05, 3.63) is 70.8 Å². The molecule has 2 aromatic rings. The summed E-state index contributed by atoms with van der Waals surface area (Å²) < 4.78 is 43.1. The van der Waals surface area contributed by atoms with E-state index in [4.69, 9.17) is 4.74 Å². The summed E-state index contributed by atoms with van der Waals surface area (Å²) in [6.45, 7) is 2.17. The van der Waals surface area contributed by atoms with Gasteiger partial charge in [0.05, 0.1) is 17.7 Å². The van der Waals surface area contributed by atoms with Gasteiger partial charge in [-0.25, -0.2) is 4.79 Å². The molecule has 0 aromatic heterocycles. The Kier molecular flexibility index (Phi) is 6.01. The molecule has 0 N–H and O–H groups in total. The van der Waals surface area contributed by atoms with Crippen molar-refractivity contribution >= 4 is 5.97 Å². The van der Waals surface area contributed by atoms with Crippen LogP contribution in [0.25, 0.3) is 0 Å². The third kappa shape index (κ3) is 5.11. The molecule has 0 saturated carbocycles. The molecule has 2 aromatic carbocycles. The summed E-state index contributed by atoms with van der Waals surface area (Å²) in [6.07, 6.45) is -2.61. The van der Waals surface area contributed by atoms with E-state index < -0.39 is 17.7 Å². The second-order valence-corrected chi connectivity index (χ2v) is 5.49. The van der Waals surface area contributed by atoms with Crippen LogP contribution >= 0.6 is 0 Å². The summed E-state index contributed by atoms with van der Waals surface area (Å²) in [5, 5.41) is 0. The van der Waals surface area contributed by atoms with Gasteiger partial charge in [-0.3, -0.25) is 0 Å². The summed E-state index contributed by atoms with van der Waals surface area (Å²) in [4.78, 5) is 11.9. The zero-order valence-electron chi connectivity index (χ0n) is 13.4. The van der Waals surface area contributed by atoms with Crippen molar-refractivity contribution in [3.8, 4) is 0 Å².